The molecule has 1 saturated carbocycles. The highest BCUT2D eigenvalue weighted by molar-refractivity contribution is 7.11. The van der Waals surface area contributed by atoms with Crippen LogP contribution in [0.4, 0.5) is 5.82 Å². The number of aryl methyl sites for hydroxylation is 1. The zero-order chi connectivity index (χ0) is 19.1. The first-order valence-electron chi connectivity index (χ1n) is 10.7. The van der Waals surface area contributed by atoms with Gasteiger partial charge in [0.25, 0.3) is 5.91 Å². The van der Waals surface area contributed by atoms with E-state index in [1.54, 1.807) is 11.3 Å². The van der Waals surface area contributed by atoms with Crippen LogP contribution in [0.25, 0.3) is 10.9 Å². The van der Waals surface area contributed by atoms with E-state index in [2.05, 4.69) is 27.1 Å². The number of hydrogen-bond donors (Lipinski definition) is 0. The van der Waals surface area contributed by atoms with E-state index in [0.717, 1.165) is 62.0 Å². The Morgan fingerprint density at radius 3 is 2.43 bits per heavy atom. The lowest BCUT2D eigenvalue weighted by Crippen LogP contribution is -2.51. The number of carbonyl (C=O) groups excluding carboxylic acids is 1. The minimum Gasteiger partial charge on any atom is -0.356 e. The molecule has 7 heteroatoms. The topological polar surface area (TPSA) is 52.6 Å². The Kier molecular flexibility index (Phi) is 4.97. The van der Waals surface area contributed by atoms with Gasteiger partial charge < -0.3 is 9.80 Å². The smallest absolute Gasteiger partial charge is 0.291 e. The highest BCUT2D eigenvalue weighted by Gasteiger charge is 2.30. The van der Waals surface area contributed by atoms with Crippen LogP contribution in [0, 0.1) is 6.92 Å². The van der Waals surface area contributed by atoms with Crippen LogP contribution in [0.15, 0.2) is 5.38 Å². The van der Waals surface area contributed by atoms with Crippen LogP contribution in [0.2, 0.25) is 0 Å². The number of piperazine rings is 1. The molecule has 2 saturated heterocycles. The minimum absolute atomic E-state index is 0.00253. The summed E-state index contributed by atoms with van der Waals surface area (Å²) in [5.74, 6) is 1.34. The molecule has 3 aliphatic rings. The van der Waals surface area contributed by atoms with E-state index in [9.17, 15) is 4.79 Å². The number of fused-ring (bicyclic) bond motifs is 1. The highest BCUT2D eigenvalue weighted by Crippen LogP contribution is 2.33. The number of rotatable bonds is 3. The van der Waals surface area contributed by atoms with E-state index in [1.807, 2.05) is 4.90 Å². The number of aromatic nitrogens is 2. The second kappa shape index (κ2) is 7.59. The lowest BCUT2D eigenvalue weighted by atomic mass is 10.2. The van der Waals surface area contributed by atoms with Gasteiger partial charge in [-0.25, -0.2) is 9.97 Å². The molecule has 3 fully saturated rings. The normalized spacial score (nSPS) is 21.9. The largest absolute Gasteiger partial charge is 0.356 e. The molecule has 1 aliphatic carbocycles. The highest BCUT2D eigenvalue weighted by atomic mass is 32.1. The van der Waals surface area contributed by atoms with Crippen molar-refractivity contribution in [3.05, 3.63) is 16.1 Å². The summed E-state index contributed by atoms with van der Waals surface area (Å²) in [4.78, 5) is 30.8. The summed E-state index contributed by atoms with van der Waals surface area (Å²) >= 11 is 1.70. The Labute approximate surface area is 170 Å². The molecule has 0 aromatic carbocycles. The third-order valence-corrected chi connectivity index (χ3v) is 7.56. The second-order valence-corrected chi connectivity index (χ2v) is 9.47. The van der Waals surface area contributed by atoms with Crippen molar-refractivity contribution < 1.29 is 4.79 Å². The molecule has 5 rings (SSSR count). The molecule has 0 radical (unpaired) electrons. The zero-order valence-electron chi connectivity index (χ0n) is 16.7. The van der Waals surface area contributed by atoms with Crippen molar-refractivity contribution in [1.29, 1.82) is 0 Å². The van der Waals surface area contributed by atoms with Crippen LogP contribution in [-0.4, -0.2) is 71.0 Å². The molecular weight excluding hydrogens is 370 g/mol. The predicted molar refractivity (Wildman–Crippen MR) is 113 cm³/mol. The Hall–Kier alpha value is -1.73. The van der Waals surface area contributed by atoms with Gasteiger partial charge in [-0.05, 0) is 32.6 Å². The van der Waals surface area contributed by atoms with Crippen LogP contribution < -0.4 is 4.90 Å². The molecule has 4 heterocycles. The zero-order valence-corrected chi connectivity index (χ0v) is 17.5. The average Bonchev–Trinajstić information content (AvgIpc) is 3.49. The molecular formula is C21H29N5OS. The summed E-state index contributed by atoms with van der Waals surface area (Å²) in [7, 11) is 0. The summed E-state index contributed by atoms with van der Waals surface area (Å²) in [5.41, 5.74) is 0.923. The summed E-state index contributed by atoms with van der Waals surface area (Å²) in [6.45, 7) is 7.71. The first-order chi connectivity index (χ1) is 13.7. The van der Waals surface area contributed by atoms with Gasteiger partial charge in [-0.15, -0.1) is 11.3 Å². The number of amides is 1. The van der Waals surface area contributed by atoms with Crippen LogP contribution in [0.1, 0.15) is 54.0 Å². The molecule has 2 aromatic heterocycles. The summed E-state index contributed by atoms with van der Waals surface area (Å²) in [6.07, 6.45) is 7.75. The molecule has 0 atom stereocenters. The van der Waals surface area contributed by atoms with E-state index in [1.165, 1.54) is 43.4 Å². The van der Waals surface area contributed by atoms with Gasteiger partial charge in [0.2, 0.25) is 5.82 Å². The molecule has 2 aromatic rings. The van der Waals surface area contributed by atoms with Gasteiger partial charge >= 0.3 is 0 Å². The third-order valence-electron chi connectivity index (χ3n) is 6.66. The number of anilines is 1. The van der Waals surface area contributed by atoms with Crippen molar-refractivity contribution in [3.8, 4) is 0 Å². The minimum atomic E-state index is -0.00253. The van der Waals surface area contributed by atoms with Gasteiger partial charge in [-0.1, -0.05) is 12.8 Å². The Bertz CT molecular complexity index is 861. The quantitative estimate of drug-likeness (QED) is 0.793. The van der Waals surface area contributed by atoms with Crippen molar-refractivity contribution in [2.24, 2.45) is 0 Å². The van der Waals surface area contributed by atoms with Crippen molar-refractivity contribution >= 4 is 34.0 Å². The monoisotopic (exact) mass is 399 g/mol. The van der Waals surface area contributed by atoms with Gasteiger partial charge in [-0.2, -0.15) is 0 Å². The van der Waals surface area contributed by atoms with Gasteiger partial charge in [0, 0.05) is 55.6 Å². The van der Waals surface area contributed by atoms with Crippen LogP contribution >= 0.6 is 11.3 Å². The van der Waals surface area contributed by atoms with Crippen molar-refractivity contribution in [2.75, 3.05) is 44.2 Å². The fourth-order valence-electron chi connectivity index (χ4n) is 5.05. The van der Waals surface area contributed by atoms with E-state index in [4.69, 9.17) is 4.98 Å². The maximum atomic E-state index is 13.2. The first-order valence-corrected chi connectivity index (χ1v) is 11.6. The predicted octanol–water partition coefficient (Wildman–Crippen LogP) is 3.30. The molecule has 2 aliphatic heterocycles. The number of carbonyl (C=O) groups is 1. The van der Waals surface area contributed by atoms with Crippen molar-refractivity contribution in [3.63, 3.8) is 0 Å². The Balaban J connectivity index is 1.37. The fourth-order valence-corrected chi connectivity index (χ4v) is 5.82. The second-order valence-electron chi connectivity index (χ2n) is 8.38. The summed E-state index contributed by atoms with van der Waals surface area (Å²) in [5, 5.41) is 3.20. The van der Waals surface area contributed by atoms with Crippen molar-refractivity contribution in [1.82, 2.24) is 19.8 Å². The molecule has 28 heavy (non-hydrogen) atoms. The van der Waals surface area contributed by atoms with Gasteiger partial charge in [0.05, 0.1) is 10.9 Å². The SMILES string of the molecule is Cc1scc2nc(C(=O)N3CCN(C4CCCC4)CC3)nc(N3CCCC3)c12. The molecule has 6 nitrogen and oxygen atoms in total. The lowest BCUT2D eigenvalue weighted by Gasteiger charge is -2.37. The summed E-state index contributed by atoms with van der Waals surface area (Å²) in [6, 6.07) is 0.736. The van der Waals surface area contributed by atoms with Crippen molar-refractivity contribution in [2.45, 2.75) is 51.5 Å². The van der Waals surface area contributed by atoms with Gasteiger partial charge in [-0.3, -0.25) is 9.69 Å². The van der Waals surface area contributed by atoms with E-state index in [-0.39, 0.29) is 5.91 Å². The van der Waals surface area contributed by atoms with E-state index in [0.29, 0.717) is 5.82 Å². The lowest BCUT2D eigenvalue weighted by molar-refractivity contribution is 0.0562. The molecule has 0 N–H and O–H groups in total. The van der Waals surface area contributed by atoms with Crippen LogP contribution in [0.3, 0.4) is 0 Å². The molecule has 1 amide bonds. The number of thiophene rings is 1. The first kappa shape index (κ1) is 18.3. The van der Waals surface area contributed by atoms with Gasteiger partial charge in [0.15, 0.2) is 0 Å². The molecule has 150 valence electrons. The summed E-state index contributed by atoms with van der Waals surface area (Å²) < 4.78 is 0. The maximum absolute atomic E-state index is 13.2. The van der Waals surface area contributed by atoms with E-state index < -0.39 is 0 Å². The third kappa shape index (κ3) is 3.28. The van der Waals surface area contributed by atoms with E-state index >= 15 is 0 Å². The van der Waals surface area contributed by atoms with Crippen LogP contribution in [0.5, 0.6) is 0 Å². The maximum Gasteiger partial charge on any atom is 0.291 e. The molecule has 0 unspecified atom stereocenters. The molecule has 0 bridgehead atoms. The Morgan fingerprint density at radius 2 is 1.71 bits per heavy atom. The standard InChI is InChI=1S/C21H29N5OS/c1-15-18-17(14-28-15)22-19(23-20(18)25-8-4-5-9-25)21(27)26-12-10-24(11-13-26)16-6-2-3-7-16/h14,16H,2-13H2,1H3. The fraction of sp³-hybridized carbons (Fsp3) is 0.667. The number of hydrogen-bond acceptors (Lipinski definition) is 6. The molecule has 0 spiro atoms. The average molecular weight is 400 g/mol. The van der Waals surface area contributed by atoms with Gasteiger partial charge in [0.1, 0.15) is 5.82 Å². The number of nitrogens with zero attached hydrogens (tertiary/aromatic N) is 5. The Morgan fingerprint density at radius 1 is 1.00 bits per heavy atom. The van der Waals surface area contributed by atoms with Crippen LogP contribution in [-0.2, 0) is 0 Å².